The number of halogens is 3. The van der Waals surface area contributed by atoms with E-state index in [1.54, 1.807) is 12.3 Å². The number of ether oxygens (including phenoxy) is 3. The van der Waals surface area contributed by atoms with Crippen molar-refractivity contribution >= 4 is 22.7 Å². The third kappa shape index (κ3) is 4.77. The quantitative estimate of drug-likeness (QED) is 0.327. The number of amidine groups is 1. The standard InChI is InChI=1S/C26H23F3N4O4/c1-26(12-34)11-32-25(36-13-26)33-14-7-19(28)23(20(29)8-14)37-21-5-6-30-24-22(21)17(10-31-24)16-4-3-15(35-2)9-18(16)27/h3-10,34H,11-13H2,1-2H3,(H,30,31)(H,32,33)/t26-/m1/s1. The van der Waals surface area contributed by atoms with Gasteiger partial charge in [-0.3, -0.25) is 0 Å². The van der Waals surface area contributed by atoms with Crippen LogP contribution in [0.3, 0.4) is 0 Å². The first-order chi connectivity index (χ1) is 17.8. The van der Waals surface area contributed by atoms with Crippen LogP contribution in [0.5, 0.6) is 17.2 Å². The lowest BCUT2D eigenvalue weighted by molar-refractivity contribution is 0.0706. The SMILES string of the molecule is COc1ccc(-c2c[nH]c3nccc(Oc4c(F)cc(NC5=NC[C@](C)(CO)CO5)cc4F)c23)c(F)c1. The number of nitrogens with one attached hydrogen (secondary N) is 2. The summed E-state index contributed by atoms with van der Waals surface area (Å²) in [4.78, 5) is 11.3. The van der Waals surface area contributed by atoms with Gasteiger partial charge in [-0.15, -0.1) is 0 Å². The van der Waals surface area contributed by atoms with Crippen LogP contribution >= 0.6 is 0 Å². The molecule has 0 saturated carbocycles. The van der Waals surface area contributed by atoms with Crippen LogP contribution in [0.25, 0.3) is 22.2 Å². The normalized spacial score (nSPS) is 17.3. The Morgan fingerprint density at radius 2 is 1.89 bits per heavy atom. The first kappa shape index (κ1) is 24.4. The van der Waals surface area contributed by atoms with Crippen molar-refractivity contribution in [3.05, 3.63) is 66.2 Å². The molecule has 3 heterocycles. The summed E-state index contributed by atoms with van der Waals surface area (Å²) in [5, 5.41) is 12.5. The predicted octanol–water partition coefficient (Wildman–Crippen LogP) is 5.24. The average Bonchev–Trinajstić information content (AvgIpc) is 3.32. The van der Waals surface area contributed by atoms with Crippen LogP contribution in [-0.2, 0) is 4.74 Å². The van der Waals surface area contributed by atoms with Crippen molar-refractivity contribution in [1.29, 1.82) is 0 Å². The van der Waals surface area contributed by atoms with Crippen molar-refractivity contribution in [2.75, 3.05) is 32.2 Å². The molecule has 37 heavy (non-hydrogen) atoms. The number of benzene rings is 2. The maximum absolute atomic E-state index is 15.0. The fourth-order valence-electron chi connectivity index (χ4n) is 3.90. The second kappa shape index (κ2) is 9.66. The van der Waals surface area contributed by atoms with Gasteiger partial charge in [0.25, 0.3) is 6.02 Å². The molecule has 0 amide bonds. The molecule has 0 spiro atoms. The van der Waals surface area contributed by atoms with Gasteiger partial charge in [-0.1, -0.05) is 6.92 Å². The summed E-state index contributed by atoms with van der Waals surface area (Å²) in [6.07, 6.45) is 2.95. The van der Waals surface area contributed by atoms with E-state index in [0.29, 0.717) is 28.9 Å². The Labute approximate surface area is 209 Å². The summed E-state index contributed by atoms with van der Waals surface area (Å²) in [6, 6.07) is 7.99. The first-order valence-electron chi connectivity index (χ1n) is 11.3. The third-order valence-electron chi connectivity index (χ3n) is 6.01. The molecule has 3 N–H and O–H groups in total. The van der Waals surface area contributed by atoms with Crippen LogP contribution in [-0.4, -0.2) is 48.0 Å². The summed E-state index contributed by atoms with van der Waals surface area (Å²) >= 11 is 0. The van der Waals surface area contributed by atoms with Crippen molar-refractivity contribution < 1.29 is 32.5 Å². The predicted molar refractivity (Wildman–Crippen MR) is 132 cm³/mol. The molecule has 8 nitrogen and oxygen atoms in total. The highest BCUT2D eigenvalue weighted by atomic mass is 19.1. The molecule has 5 rings (SSSR count). The molecule has 0 fully saturated rings. The topological polar surface area (TPSA) is 101 Å². The molecule has 0 aliphatic carbocycles. The van der Waals surface area contributed by atoms with E-state index in [1.807, 2.05) is 6.92 Å². The summed E-state index contributed by atoms with van der Waals surface area (Å²) in [5.41, 5.74) is 0.539. The van der Waals surface area contributed by atoms with E-state index in [4.69, 9.17) is 14.2 Å². The first-order valence-corrected chi connectivity index (χ1v) is 11.3. The number of aromatic amines is 1. The Bertz CT molecular complexity index is 1480. The number of rotatable bonds is 6. The Morgan fingerprint density at radius 1 is 1.11 bits per heavy atom. The number of aliphatic hydroxyl groups excluding tert-OH is 1. The van der Waals surface area contributed by atoms with Gasteiger partial charge in [0.15, 0.2) is 17.4 Å². The minimum Gasteiger partial charge on any atom is -0.497 e. The fraction of sp³-hybridized carbons (Fsp3) is 0.231. The number of aliphatic hydroxyl groups is 1. The van der Waals surface area contributed by atoms with Crippen molar-refractivity contribution in [3.63, 3.8) is 0 Å². The minimum absolute atomic E-state index is 0.0659. The van der Waals surface area contributed by atoms with E-state index in [1.165, 1.54) is 31.5 Å². The van der Waals surface area contributed by atoms with Crippen molar-refractivity contribution in [3.8, 4) is 28.4 Å². The van der Waals surface area contributed by atoms with E-state index >= 15 is 8.78 Å². The summed E-state index contributed by atoms with van der Waals surface area (Å²) in [6.45, 7) is 2.21. The van der Waals surface area contributed by atoms with Crippen LogP contribution in [0.4, 0.5) is 18.9 Å². The Kier molecular flexibility index (Phi) is 6.38. The van der Waals surface area contributed by atoms with Gasteiger partial charge in [-0.25, -0.2) is 23.1 Å². The number of aromatic nitrogens is 2. The van der Waals surface area contributed by atoms with Crippen LogP contribution in [0.2, 0.25) is 0 Å². The smallest absolute Gasteiger partial charge is 0.289 e. The Hall–Kier alpha value is -4.25. The molecule has 0 radical (unpaired) electrons. The molecule has 0 bridgehead atoms. The molecule has 11 heteroatoms. The molecule has 1 aliphatic rings. The molecule has 1 aliphatic heterocycles. The maximum atomic E-state index is 15.0. The summed E-state index contributed by atoms with van der Waals surface area (Å²) in [5.74, 6) is -2.71. The lowest BCUT2D eigenvalue weighted by atomic mass is 9.93. The molecule has 2 aromatic carbocycles. The maximum Gasteiger partial charge on any atom is 0.289 e. The lowest BCUT2D eigenvalue weighted by Crippen LogP contribution is -2.38. The van der Waals surface area contributed by atoms with Gasteiger partial charge in [0.05, 0.1) is 25.6 Å². The van der Waals surface area contributed by atoms with E-state index in [-0.39, 0.29) is 36.2 Å². The highest BCUT2D eigenvalue weighted by Gasteiger charge is 2.29. The highest BCUT2D eigenvalue weighted by Crippen LogP contribution is 2.39. The molecule has 0 saturated heterocycles. The van der Waals surface area contributed by atoms with E-state index in [0.717, 1.165) is 12.1 Å². The number of pyridine rings is 1. The van der Waals surface area contributed by atoms with E-state index < -0.39 is 28.6 Å². The van der Waals surface area contributed by atoms with E-state index in [9.17, 15) is 9.50 Å². The second-order valence-electron chi connectivity index (χ2n) is 8.96. The van der Waals surface area contributed by atoms with Gasteiger partial charge >= 0.3 is 0 Å². The van der Waals surface area contributed by atoms with Crippen LogP contribution in [0, 0.1) is 22.9 Å². The summed E-state index contributed by atoms with van der Waals surface area (Å²) < 4.78 is 61.0. The number of hydrogen-bond donors (Lipinski definition) is 3. The fourth-order valence-corrected chi connectivity index (χ4v) is 3.90. The molecule has 4 aromatic rings. The zero-order valence-electron chi connectivity index (χ0n) is 19.9. The Balaban J connectivity index is 1.45. The lowest BCUT2D eigenvalue weighted by Gasteiger charge is -2.30. The number of methoxy groups -OCH3 is 1. The zero-order chi connectivity index (χ0) is 26.2. The largest absolute Gasteiger partial charge is 0.497 e. The molecular weight excluding hydrogens is 489 g/mol. The van der Waals surface area contributed by atoms with Gasteiger partial charge in [-0.2, -0.15) is 0 Å². The molecule has 2 aromatic heterocycles. The number of aliphatic imine (C=N–C) groups is 1. The number of nitrogens with zero attached hydrogens (tertiary/aromatic N) is 2. The molecule has 192 valence electrons. The molecule has 1 atom stereocenters. The number of hydrogen-bond acceptors (Lipinski definition) is 7. The van der Waals surface area contributed by atoms with Crippen molar-refractivity contribution in [2.45, 2.75) is 6.92 Å². The Morgan fingerprint density at radius 3 is 2.54 bits per heavy atom. The molecule has 0 unspecified atom stereocenters. The zero-order valence-corrected chi connectivity index (χ0v) is 19.9. The van der Waals surface area contributed by atoms with Crippen LogP contribution in [0.15, 0.2) is 53.8 Å². The minimum atomic E-state index is -0.975. The average molecular weight is 512 g/mol. The van der Waals surface area contributed by atoms with Gasteiger partial charge in [0, 0.05) is 52.8 Å². The monoisotopic (exact) mass is 512 g/mol. The van der Waals surface area contributed by atoms with Gasteiger partial charge in [-0.05, 0) is 18.2 Å². The highest BCUT2D eigenvalue weighted by molar-refractivity contribution is 5.98. The van der Waals surface area contributed by atoms with Crippen molar-refractivity contribution in [1.82, 2.24) is 9.97 Å². The van der Waals surface area contributed by atoms with Gasteiger partial charge in [0.2, 0.25) is 0 Å². The number of anilines is 1. The third-order valence-corrected chi connectivity index (χ3v) is 6.01. The van der Waals surface area contributed by atoms with E-state index in [2.05, 4.69) is 20.3 Å². The number of H-pyrrole nitrogens is 1. The van der Waals surface area contributed by atoms with Crippen molar-refractivity contribution in [2.24, 2.45) is 10.4 Å². The van der Waals surface area contributed by atoms with Gasteiger partial charge < -0.3 is 29.6 Å². The second-order valence-corrected chi connectivity index (χ2v) is 8.96. The van der Waals surface area contributed by atoms with Crippen LogP contribution < -0.4 is 14.8 Å². The number of fused-ring (bicyclic) bond motifs is 1. The van der Waals surface area contributed by atoms with Crippen LogP contribution in [0.1, 0.15) is 6.92 Å². The molecular formula is C26H23F3N4O4. The van der Waals surface area contributed by atoms with Gasteiger partial charge in [0.1, 0.15) is 29.6 Å². The summed E-state index contributed by atoms with van der Waals surface area (Å²) in [7, 11) is 1.43.